The fourth-order valence-corrected chi connectivity index (χ4v) is 3.59. The smallest absolute Gasteiger partial charge is 0.342 e. The van der Waals surface area contributed by atoms with E-state index in [2.05, 4.69) is 0 Å². The summed E-state index contributed by atoms with van der Waals surface area (Å²) in [6.45, 7) is 0. The third kappa shape index (κ3) is 3.57. The van der Waals surface area contributed by atoms with Gasteiger partial charge in [0.1, 0.15) is 5.75 Å². The Balaban J connectivity index is 1.94. The topological polar surface area (TPSA) is 55.8 Å². The number of rotatable bonds is 5. The van der Waals surface area contributed by atoms with E-state index in [1.165, 1.54) is 19.2 Å². The van der Waals surface area contributed by atoms with Gasteiger partial charge in [-0.15, -0.1) is 0 Å². The molecular weight excluding hydrogens is 409 g/mol. The molecule has 4 rings (SSSR count). The number of carbonyl (C=O) groups is 1. The fraction of sp³-hybridized carbons (Fsp3) is 0.125. The van der Waals surface area contributed by atoms with Crippen LogP contribution in [-0.4, -0.2) is 18.2 Å². The van der Waals surface area contributed by atoms with Crippen LogP contribution in [0.5, 0.6) is 5.75 Å². The van der Waals surface area contributed by atoms with Gasteiger partial charge in [-0.25, -0.2) is 18.0 Å². The van der Waals surface area contributed by atoms with Crippen LogP contribution >= 0.6 is 0 Å². The summed E-state index contributed by atoms with van der Waals surface area (Å²) < 4.78 is 52.4. The van der Waals surface area contributed by atoms with Gasteiger partial charge in [0.05, 0.1) is 12.7 Å². The van der Waals surface area contributed by atoms with Crippen molar-refractivity contribution in [1.29, 1.82) is 0 Å². The number of aliphatic hydroxyl groups is 1. The first-order valence-electron chi connectivity index (χ1n) is 9.37. The zero-order valence-corrected chi connectivity index (χ0v) is 16.4. The first-order chi connectivity index (χ1) is 14.8. The molecular formula is C24H17F3O4. The predicted molar refractivity (Wildman–Crippen MR) is 106 cm³/mol. The minimum absolute atomic E-state index is 0.00286. The van der Waals surface area contributed by atoms with Gasteiger partial charge in [-0.3, -0.25) is 0 Å². The average molecular weight is 426 g/mol. The maximum absolute atomic E-state index is 14.6. The van der Waals surface area contributed by atoms with E-state index in [9.17, 15) is 23.1 Å². The van der Waals surface area contributed by atoms with Gasteiger partial charge in [-0.05, 0) is 42.0 Å². The SMILES string of the molecule is COc1ccc(C2(O)OC(=O)C(c3ccc(F)c(F)c3F)=C2Cc2ccccc2)cc1. The van der Waals surface area contributed by atoms with Crippen LogP contribution in [0.25, 0.3) is 5.57 Å². The monoisotopic (exact) mass is 426 g/mol. The second-order valence-corrected chi connectivity index (χ2v) is 7.00. The number of benzene rings is 3. The lowest BCUT2D eigenvalue weighted by Crippen LogP contribution is -2.29. The first kappa shape index (κ1) is 20.7. The third-order valence-corrected chi connectivity index (χ3v) is 5.16. The number of esters is 1. The van der Waals surface area contributed by atoms with E-state index < -0.39 is 34.8 Å². The number of hydrogen-bond donors (Lipinski definition) is 1. The molecule has 0 saturated heterocycles. The first-order valence-corrected chi connectivity index (χ1v) is 9.37. The van der Waals surface area contributed by atoms with E-state index in [0.717, 1.165) is 12.1 Å². The minimum atomic E-state index is -2.23. The molecule has 0 fully saturated rings. The molecule has 0 saturated carbocycles. The Kier molecular flexibility index (Phi) is 5.29. The van der Waals surface area contributed by atoms with Crippen molar-refractivity contribution < 1.29 is 32.5 Å². The maximum Gasteiger partial charge on any atom is 0.342 e. The van der Waals surface area contributed by atoms with Crippen molar-refractivity contribution in [3.63, 3.8) is 0 Å². The van der Waals surface area contributed by atoms with Crippen LogP contribution in [0.15, 0.2) is 72.3 Å². The highest BCUT2D eigenvalue weighted by atomic mass is 19.2. The Labute approximate surface area is 176 Å². The molecule has 0 aromatic heterocycles. The molecule has 158 valence electrons. The van der Waals surface area contributed by atoms with Crippen molar-refractivity contribution in [2.75, 3.05) is 7.11 Å². The van der Waals surface area contributed by atoms with Gasteiger partial charge >= 0.3 is 5.97 Å². The van der Waals surface area contributed by atoms with Crippen LogP contribution in [0.1, 0.15) is 16.7 Å². The molecule has 1 atom stereocenters. The Hall–Kier alpha value is -3.58. The predicted octanol–water partition coefficient (Wildman–Crippen LogP) is 4.51. The Morgan fingerprint density at radius 2 is 1.61 bits per heavy atom. The molecule has 1 aliphatic rings. The Morgan fingerprint density at radius 1 is 0.935 bits per heavy atom. The maximum atomic E-state index is 14.6. The van der Waals surface area contributed by atoms with E-state index in [-0.39, 0.29) is 23.1 Å². The van der Waals surface area contributed by atoms with Crippen molar-refractivity contribution >= 4 is 11.5 Å². The summed E-state index contributed by atoms with van der Waals surface area (Å²) in [6.07, 6.45) is 0.00286. The second-order valence-electron chi connectivity index (χ2n) is 7.00. The molecule has 1 heterocycles. The van der Waals surface area contributed by atoms with E-state index in [4.69, 9.17) is 9.47 Å². The minimum Gasteiger partial charge on any atom is -0.497 e. The summed E-state index contributed by atoms with van der Waals surface area (Å²) in [5, 5.41) is 11.4. The molecule has 1 aliphatic heterocycles. The van der Waals surface area contributed by atoms with Crippen LogP contribution in [0.3, 0.4) is 0 Å². The Bertz CT molecular complexity index is 1170. The highest BCUT2D eigenvalue weighted by molar-refractivity contribution is 6.20. The number of cyclic esters (lactones) is 1. The summed E-state index contributed by atoms with van der Waals surface area (Å²) in [4.78, 5) is 12.8. The summed E-state index contributed by atoms with van der Waals surface area (Å²) in [5.41, 5.74) is 0.0745. The standard InChI is InChI=1S/C24H17F3O4/c1-30-16-9-7-15(8-10-16)24(29)18(13-14-5-3-2-4-6-14)20(23(28)31-24)17-11-12-19(25)22(27)21(17)26/h2-12,29H,13H2,1H3. The lowest BCUT2D eigenvalue weighted by atomic mass is 9.88. The molecule has 0 aliphatic carbocycles. The molecule has 7 heteroatoms. The molecule has 0 radical (unpaired) electrons. The normalized spacial score (nSPS) is 18.3. The molecule has 0 spiro atoms. The molecule has 0 amide bonds. The lowest BCUT2D eigenvalue weighted by molar-refractivity contribution is -0.185. The van der Waals surface area contributed by atoms with Crippen LogP contribution < -0.4 is 4.74 Å². The lowest BCUT2D eigenvalue weighted by Gasteiger charge is -2.26. The molecule has 3 aromatic carbocycles. The largest absolute Gasteiger partial charge is 0.497 e. The summed E-state index contributed by atoms with van der Waals surface area (Å²) in [7, 11) is 1.48. The number of halogens is 3. The number of ether oxygens (including phenoxy) is 2. The van der Waals surface area contributed by atoms with Gasteiger partial charge < -0.3 is 14.6 Å². The van der Waals surface area contributed by atoms with Gasteiger partial charge in [-0.1, -0.05) is 30.3 Å². The van der Waals surface area contributed by atoms with Gasteiger partial charge in [0.2, 0.25) is 0 Å². The summed E-state index contributed by atoms with van der Waals surface area (Å²) >= 11 is 0. The Morgan fingerprint density at radius 3 is 2.26 bits per heavy atom. The summed E-state index contributed by atoms with van der Waals surface area (Å²) in [6, 6.07) is 16.6. The van der Waals surface area contributed by atoms with E-state index >= 15 is 0 Å². The molecule has 1 N–H and O–H groups in total. The van der Waals surface area contributed by atoms with Crippen LogP contribution in [-0.2, 0) is 21.7 Å². The van der Waals surface area contributed by atoms with Crippen LogP contribution in [0.4, 0.5) is 13.2 Å². The van der Waals surface area contributed by atoms with Crippen molar-refractivity contribution in [3.8, 4) is 5.75 Å². The molecule has 31 heavy (non-hydrogen) atoms. The van der Waals surface area contributed by atoms with Gasteiger partial charge in [-0.2, -0.15) is 0 Å². The molecule has 0 bridgehead atoms. The quantitative estimate of drug-likeness (QED) is 0.482. The number of hydrogen-bond acceptors (Lipinski definition) is 4. The van der Waals surface area contributed by atoms with Gasteiger partial charge in [0.25, 0.3) is 5.79 Å². The van der Waals surface area contributed by atoms with Crippen LogP contribution in [0, 0.1) is 17.5 Å². The van der Waals surface area contributed by atoms with Crippen molar-refractivity contribution in [3.05, 3.63) is 106 Å². The highest BCUT2D eigenvalue weighted by Crippen LogP contribution is 2.45. The van der Waals surface area contributed by atoms with E-state index in [0.29, 0.717) is 11.3 Å². The van der Waals surface area contributed by atoms with Crippen molar-refractivity contribution in [1.82, 2.24) is 0 Å². The van der Waals surface area contributed by atoms with Crippen LogP contribution in [0.2, 0.25) is 0 Å². The average Bonchev–Trinajstić information content (AvgIpc) is 3.03. The van der Waals surface area contributed by atoms with E-state index in [1.807, 2.05) is 0 Å². The van der Waals surface area contributed by atoms with Gasteiger partial charge in [0, 0.05) is 23.1 Å². The molecule has 1 unspecified atom stereocenters. The third-order valence-electron chi connectivity index (χ3n) is 5.16. The summed E-state index contributed by atoms with van der Waals surface area (Å²) in [5.74, 6) is -7.39. The van der Waals surface area contributed by atoms with Crippen molar-refractivity contribution in [2.24, 2.45) is 0 Å². The zero-order chi connectivity index (χ0) is 22.2. The molecule has 4 nitrogen and oxygen atoms in total. The fourth-order valence-electron chi connectivity index (χ4n) is 3.59. The van der Waals surface area contributed by atoms with E-state index in [1.54, 1.807) is 42.5 Å². The van der Waals surface area contributed by atoms with Gasteiger partial charge in [0.15, 0.2) is 17.5 Å². The second kappa shape index (κ2) is 7.92. The zero-order valence-electron chi connectivity index (χ0n) is 16.4. The number of carbonyl (C=O) groups excluding carboxylic acids is 1. The van der Waals surface area contributed by atoms with Crippen molar-refractivity contribution in [2.45, 2.75) is 12.2 Å². The highest BCUT2D eigenvalue weighted by Gasteiger charge is 2.48. The number of methoxy groups -OCH3 is 1. The molecule has 3 aromatic rings.